The number of fused-ring (bicyclic) bond motifs is 1. The van der Waals surface area contributed by atoms with E-state index in [4.69, 9.17) is 11.5 Å². The Labute approximate surface area is 129 Å². The Balaban J connectivity index is 1.82. The molecule has 0 atom stereocenters. The molecule has 22 heavy (non-hydrogen) atoms. The first kappa shape index (κ1) is 14.1. The van der Waals surface area contributed by atoms with Gasteiger partial charge in [-0.3, -0.25) is 4.98 Å². The van der Waals surface area contributed by atoms with Crippen LogP contribution in [0.5, 0.6) is 0 Å². The average molecular weight is 293 g/mol. The summed E-state index contributed by atoms with van der Waals surface area (Å²) in [4.78, 5) is 8.95. The summed E-state index contributed by atoms with van der Waals surface area (Å²) in [6.07, 6.45) is 2.77. The Morgan fingerprint density at radius 3 is 2.82 bits per heavy atom. The summed E-state index contributed by atoms with van der Waals surface area (Å²) in [5.41, 5.74) is 17.5. The third-order valence-electron chi connectivity index (χ3n) is 3.56. The lowest BCUT2D eigenvalue weighted by Gasteiger charge is -2.09. The fourth-order valence-corrected chi connectivity index (χ4v) is 2.38. The summed E-state index contributed by atoms with van der Waals surface area (Å²) in [6.45, 7) is 2.74. The second kappa shape index (κ2) is 5.89. The fraction of sp³-hybridized carbons (Fsp3) is 0.176. The van der Waals surface area contributed by atoms with Crippen molar-refractivity contribution in [2.45, 2.75) is 19.9 Å². The van der Waals surface area contributed by atoms with Gasteiger partial charge in [-0.2, -0.15) is 0 Å². The van der Waals surface area contributed by atoms with Gasteiger partial charge in [0.05, 0.1) is 29.6 Å². The minimum atomic E-state index is 0.553. The Morgan fingerprint density at radius 2 is 2.00 bits per heavy atom. The molecule has 0 aliphatic rings. The number of aryl methyl sites for hydroxylation is 1. The van der Waals surface area contributed by atoms with Gasteiger partial charge in [0.15, 0.2) is 0 Å². The number of benzene rings is 2. The smallest absolute Gasteiger partial charge is 0.112 e. The number of anilines is 3. The van der Waals surface area contributed by atoms with Crippen molar-refractivity contribution in [3.8, 4) is 0 Å². The Bertz CT molecular complexity index is 813. The highest BCUT2D eigenvalue weighted by molar-refractivity contribution is 5.89. The molecule has 5 N–H and O–H groups in total. The minimum absolute atomic E-state index is 0.553. The maximum absolute atomic E-state index is 5.97. The van der Waals surface area contributed by atoms with Crippen LogP contribution in [-0.4, -0.2) is 9.97 Å². The van der Waals surface area contributed by atoms with E-state index in [1.807, 2.05) is 12.1 Å². The maximum Gasteiger partial charge on any atom is 0.112 e. The lowest BCUT2D eigenvalue weighted by atomic mass is 10.1. The topological polar surface area (TPSA) is 89.8 Å². The van der Waals surface area contributed by atoms with Gasteiger partial charge in [0.25, 0.3) is 0 Å². The molecule has 1 aromatic heterocycles. The van der Waals surface area contributed by atoms with Crippen molar-refractivity contribution >= 4 is 28.1 Å². The van der Waals surface area contributed by atoms with Crippen LogP contribution < -0.4 is 16.8 Å². The summed E-state index contributed by atoms with van der Waals surface area (Å²) in [5.74, 6) is 0. The van der Waals surface area contributed by atoms with E-state index >= 15 is 0 Å². The van der Waals surface area contributed by atoms with Crippen molar-refractivity contribution in [2.75, 3.05) is 16.8 Å². The third kappa shape index (κ3) is 2.93. The van der Waals surface area contributed by atoms with Gasteiger partial charge in [0, 0.05) is 11.4 Å². The molecular weight excluding hydrogens is 274 g/mol. The SMILES string of the molecule is CCc1cccc(NCc2cnc3cc(N)cc(N)c3n2)c1. The zero-order valence-corrected chi connectivity index (χ0v) is 12.5. The fourth-order valence-electron chi connectivity index (χ4n) is 2.38. The first-order chi connectivity index (χ1) is 10.7. The molecule has 0 fully saturated rings. The zero-order valence-electron chi connectivity index (χ0n) is 12.5. The van der Waals surface area contributed by atoms with Crippen LogP contribution in [-0.2, 0) is 13.0 Å². The van der Waals surface area contributed by atoms with E-state index in [1.54, 1.807) is 18.3 Å². The van der Waals surface area contributed by atoms with Crippen LogP contribution in [0.1, 0.15) is 18.2 Å². The van der Waals surface area contributed by atoms with Crippen molar-refractivity contribution < 1.29 is 0 Å². The Kier molecular flexibility index (Phi) is 3.78. The van der Waals surface area contributed by atoms with Crippen LogP contribution in [0.3, 0.4) is 0 Å². The molecule has 0 spiro atoms. The van der Waals surface area contributed by atoms with E-state index in [-0.39, 0.29) is 0 Å². The molecule has 0 amide bonds. The van der Waals surface area contributed by atoms with E-state index in [0.717, 1.165) is 17.8 Å². The third-order valence-corrected chi connectivity index (χ3v) is 3.56. The van der Waals surface area contributed by atoms with Crippen LogP contribution in [0.15, 0.2) is 42.6 Å². The largest absolute Gasteiger partial charge is 0.399 e. The molecule has 2 aromatic carbocycles. The molecule has 0 unspecified atom stereocenters. The number of aromatic nitrogens is 2. The summed E-state index contributed by atoms with van der Waals surface area (Å²) in [5, 5.41) is 3.36. The highest BCUT2D eigenvalue weighted by atomic mass is 14.9. The van der Waals surface area contributed by atoms with Crippen molar-refractivity contribution in [3.05, 3.63) is 53.9 Å². The van der Waals surface area contributed by atoms with Crippen LogP contribution in [0.25, 0.3) is 11.0 Å². The lowest BCUT2D eigenvalue weighted by Crippen LogP contribution is -2.04. The predicted molar refractivity (Wildman–Crippen MR) is 91.5 cm³/mol. The van der Waals surface area contributed by atoms with E-state index in [2.05, 4.69) is 34.3 Å². The first-order valence-electron chi connectivity index (χ1n) is 7.29. The monoisotopic (exact) mass is 293 g/mol. The molecule has 0 saturated heterocycles. The van der Waals surface area contributed by atoms with Crippen molar-refractivity contribution in [1.82, 2.24) is 9.97 Å². The average Bonchev–Trinajstić information content (AvgIpc) is 2.53. The van der Waals surface area contributed by atoms with Gasteiger partial charge >= 0.3 is 0 Å². The first-order valence-corrected chi connectivity index (χ1v) is 7.29. The summed E-state index contributed by atoms with van der Waals surface area (Å²) in [7, 11) is 0. The number of nitrogens with zero attached hydrogens (tertiary/aromatic N) is 2. The molecule has 3 rings (SSSR count). The molecule has 3 aromatic rings. The van der Waals surface area contributed by atoms with Crippen LogP contribution in [0.2, 0.25) is 0 Å². The van der Waals surface area contributed by atoms with Gasteiger partial charge in [-0.25, -0.2) is 4.98 Å². The molecule has 5 nitrogen and oxygen atoms in total. The number of rotatable bonds is 4. The normalized spacial score (nSPS) is 10.8. The second-order valence-electron chi connectivity index (χ2n) is 5.25. The van der Waals surface area contributed by atoms with Gasteiger partial charge in [0.1, 0.15) is 5.52 Å². The minimum Gasteiger partial charge on any atom is -0.399 e. The van der Waals surface area contributed by atoms with Gasteiger partial charge in [-0.05, 0) is 36.2 Å². The summed E-state index contributed by atoms with van der Waals surface area (Å²) < 4.78 is 0. The number of nitrogens with two attached hydrogens (primary N) is 2. The van der Waals surface area contributed by atoms with Gasteiger partial charge in [-0.15, -0.1) is 0 Å². The standard InChI is InChI=1S/C17H19N5/c1-2-11-4-3-5-13(6-11)20-9-14-10-21-16-8-12(18)7-15(19)17(16)22-14/h3-8,10,20H,2,9,18-19H2,1H3. The molecule has 0 saturated carbocycles. The molecule has 0 radical (unpaired) electrons. The molecule has 0 aliphatic carbocycles. The van der Waals surface area contributed by atoms with Gasteiger partial charge in [-0.1, -0.05) is 19.1 Å². The quantitative estimate of drug-likeness (QED) is 0.643. The Hall–Kier alpha value is -2.82. The van der Waals surface area contributed by atoms with E-state index in [1.165, 1.54) is 5.56 Å². The Morgan fingerprint density at radius 1 is 1.14 bits per heavy atom. The number of hydrogen-bond acceptors (Lipinski definition) is 5. The number of nitrogens with one attached hydrogen (secondary N) is 1. The van der Waals surface area contributed by atoms with Crippen LogP contribution >= 0.6 is 0 Å². The van der Waals surface area contributed by atoms with Gasteiger partial charge in [0.2, 0.25) is 0 Å². The van der Waals surface area contributed by atoms with Crippen molar-refractivity contribution in [1.29, 1.82) is 0 Å². The number of hydrogen-bond donors (Lipinski definition) is 3. The van der Waals surface area contributed by atoms with Gasteiger partial charge < -0.3 is 16.8 Å². The zero-order chi connectivity index (χ0) is 15.5. The molecule has 0 bridgehead atoms. The van der Waals surface area contributed by atoms with E-state index in [0.29, 0.717) is 29.0 Å². The predicted octanol–water partition coefficient (Wildman–Crippen LogP) is 2.97. The van der Waals surface area contributed by atoms with E-state index < -0.39 is 0 Å². The highest BCUT2D eigenvalue weighted by Crippen LogP contribution is 2.21. The number of nitrogen functional groups attached to an aromatic ring is 2. The summed E-state index contributed by atoms with van der Waals surface area (Å²) in [6, 6.07) is 11.8. The van der Waals surface area contributed by atoms with Crippen molar-refractivity contribution in [2.24, 2.45) is 0 Å². The van der Waals surface area contributed by atoms with Crippen LogP contribution in [0, 0.1) is 0 Å². The molecule has 0 aliphatic heterocycles. The lowest BCUT2D eigenvalue weighted by molar-refractivity contribution is 1.04. The highest BCUT2D eigenvalue weighted by Gasteiger charge is 2.05. The molecule has 5 heteroatoms. The molecule has 112 valence electrons. The second-order valence-corrected chi connectivity index (χ2v) is 5.25. The van der Waals surface area contributed by atoms with Crippen LogP contribution in [0.4, 0.5) is 17.1 Å². The molecule has 1 heterocycles. The maximum atomic E-state index is 5.97. The summed E-state index contributed by atoms with van der Waals surface area (Å²) >= 11 is 0. The van der Waals surface area contributed by atoms with Crippen molar-refractivity contribution in [3.63, 3.8) is 0 Å². The van der Waals surface area contributed by atoms with E-state index in [9.17, 15) is 0 Å². The molecular formula is C17H19N5.